The molecule has 2 unspecified atom stereocenters. The third-order valence-corrected chi connectivity index (χ3v) is 5.72. The standard InChI is InChI=1S/C20H21N5O3/c1-21-19(26)15-7-16(20(27)23-18-13-9-28-10-14(13)18)25(24-15)8-12-4-2-3-11-5-6-22-17(11)12/h2-7,13-14,18,22H,8-10H2,1H3,(H,21,26)(H,23,27). The van der Waals surface area contributed by atoms with Crippen LogP contribution in [0.15, 0.2) is 36.5 Å². The number of benzene rings is 1. The van der Waals surface area contributed by atoms with E-state index >= 15 is 0 Å². The summed E-state index contributed by atoms with van der Waals surface area (Å²) in [4.78, 5) is 28.2. The van der Waals surface area contributed by atoms with E-state index in [4.69, 9.17) is 4.74 Å². The van der Waals surface area contributed by atoms with Gasteiger partial charge in [0.05, 0.1) is 25.3 Å². The number of rotatable bonds is 5. The van der Waals surface area contributed by atoms with Gasteiger partial charge < -0.3 is 20.4 Å². The third kappa shape index (κ3) is 2.77. The highest BCUT2D eigenvalue weighted by Gasteiger charge is 2.55. The number of para-hydroxylation sites is 1. The number of aromatic nitrogens is 3. The number of amides is 2. The quantitative estimate of drug-likeness (QED) is 0.619. The molecule has 1 saturated heterocycles. The molecule has 1 aliphatic carbocycles. The Kier molecular flexibility index (Phi) is 3.94. The molecular weight excluding hydrogens is 358 g/mol. The van der Waals surface area contributed by atoms with Crippen molar-refractivity contribution in [3.8, 4) is 0 Å². The molecule has 0 spiro atoms. The number of H-pyrrole nitrogens is 1. The van der Waals surface area contributed by atoms with Crippen molar-refractivity contribution in [2.45, 2.75) is 12.6 Å². The van der Waals surface area contributed by atoms with Crippen LogP contribution >= 0.6 is 0 Å². The Morgan fingerprint density at radius 2 is 2.07 bits per heavy atom. The van der Waals surface area contributed by atoms with Gasteiger partial charge in [0.1, 0.15) is 5.69 Å². The lowest BCUT2D eigenvalue weighted by Gasteiger charge is -2.10. The van der Waals surface area contributed by atoms with Crippen LogP contribution in [0, 0.1) is 11.8 Å². The van der Waals surface area contributed by atoms with E-state index in [-0.39, 0.29) is 23.6 Å². The first kappa shape index (κ1) is 17.0. The molecule has 3 aromatic rings. The number of ether oxygens (including phenoxy) is 1. The Morgan fingerprint density at radius 1 is 1.25 bits per heavy atom. The summed E-state index contributed by atoms with van der Waals surface area (Å²) in [5.41, 5.74) is 2.61. The smallest absolute Gasteiger partial charge is 0.271 e. The molecule has 5 rings (SSSR count). The Bertz CT molecular complexity index is 1060. The van der Waals surface area contributed by atoms with Gasteiger partial charge in [-0.05, 0) is 17.0 Å². The zero-order valence-electron chi connectivity index (χ0n) is 15.4. The van der Waals surface area contributed by atoms with Crippen LogP contribution in [0.25, 0.3) is 10.9 Å². The second-order valence-electron chi connectivity index (χ2n) is 7.38. The van der Waals surface area contributed by atoms with Crippen LogP contribution in [0.4, 0.5) is 0 Å². The van der Waals surface area contributed by atoms with E-state index in [1.165, 1.54) is 0 Å². The predicted octanol–water partition coefficient (Wildman–Crippen LogP) is 1.15. The maximum Gasteiger partial charge on any atom is 0.271 e. The van der Waals surface area contributed by atoms with Crippen LogP contribution in [-0.2, 0) is 11.3 Å². The van der Waals surface area contributed by atoms with Crippen LogP contribution in [0.1, 0.15) is 26.5 Å². The maximum absolute atomic E-state index is 12.9. The van der Waals surface area contributed by atoms with Crippen LogP contribution < -0.4 is 10.6 Å². The van der Waals surface area contributed by atoms with Gasteiger partial charge in [0, 0.05) is 37.2 Å². The third-order valence-electron chi connectivity index (χ3n) is 5.72. The lowest BCUT2D eigenvalue weighted by molar-refractivity contribution is 0.0917. The summed E-state index contributed by atoms with van der Waals surface area (Å²) >= 11 is 0. The zero-order chi connectivity index (χ0) is 19.3. The topological polar surface area (TPSA) is 101 Å². The van der Waals surface area contributed by atoms with Gasteiger partial charge in [-0.15, -0.1) is 0 Å². The normalized spacial score (nSPS) is 22.8. The van der Waals surface area contributed by atoms with Crippen molar-refractivity contribution < 1.29 is 14.3 Å². The molecule has 1 saturated carbocycles. The van der Waals surface area contributed by atoms with E-state index in [0.29, 0.717) is 37.3 Å². The minimum Gasteiger partial charge on any atom is -0.381 e. The lowest BCUT2D eigenvalue weighted by Crippen LogP contribution is -2.31. The molecule has 144 valence electrons. The van der Waals surface area contributed by atoms with Crippen molar-refractivity contribution in [3.63, 3.8) is 0 Å². The average Bonchev–Trinajstić information content (AvgIpc) is 3.22. The van der Waals surface area contributed by atoms with Gasteiger partial charge in [0.25, 0.3) is 11.8 Å². The Balaban J connectivity index is 1.45. The summed E-state index contributed by atoms with van der Waals surface area (Å²) in [6.45, 7) is 1.79. The molecule has 2 atom stereocenters. The summed E-state index contributed by atoms with van der Waals surface area (Å²) < 4.78 is 6.99. The number of nitrogens with zero attached hydrogens (tertiary/aromatic N) is 2. The van der Waals surface area contributed by atoms with Gasteiger partial charge in [0.15, 0.2) is 5.69 Å². The predicted molar refractivity (Wildman–Crippen MR) is 102 cm³/mol. The van der Waals surface area contributed by atoms with E-state index in [1.54, 1.807) is 17.8 Å². The zero-order valence-corrected chi connectivity index (χ0v) is 15.4. The van der Waals surface area contributed by atoms with Crippen LogP contribution in [-0.4, -0.2) is 52.9 Å². The molecule has 8 nitrogen and oxygen atoms in total. The first-order valence-corrected chi connectivity index (χ1v) is 9.39. The Hall–Kier alpha value is -3.13. The fraction of sp³-hybridized carbons (Fsp3) is 0.350. The lowest BCUT2D eigenvalue weighted by atomic mass is 10.1. The summed E-state index contributed by atoms with van der Waals surface area (Å²) in [7, 11) is 1.55. The van der Waals surface area contributed by atoms with Crippen molar-refractivity contribution >= 4 is 22.7 Å². The Morgan fingerprint density at radius 3 is 2.86 bits per heavy atom. The second kappa shape index (κ2) is 6.49. The van der Waals surface area contributed by atoms with E-state index in [0.717, 1.165) is 16.5 Å². The molecule has 0 bridgehead atoms. The van der Waals surface area contributed by atoms with E-state index in [9.17, 15) is 9.59 Å². The molecule has 1 aliphatic heterocycles. The molecule has 8 heteroatoms. The minimum absolute atomic E-state index is 0.153. The molecule has 2 fully saturated rings. The van der Waals surface area contributed by atoms with Gasteiger partial charge >= 0.3 is 0 Å². The van der Waals surface area contributed by atoms with Gasteiger partial charge in [0.2, 0.25) is 0 Å². The maximum atomic E-state index is 12.9. The highest BCUT2D eigenvalue weighted by molar-refractivity contribution is 5.98. The monoisotopic (exact) mass is 379 g/mol. The highest BCUT2D eigenvalue weighted by Crippen LogP contribution is 2.44. The van der Waals surface area contributed by atoms with Gasteiger partial charge in [-0.25, -0.2) is 0 Å². The summed E-state index contributed by atoms with van der Waals surface area (Å²) in [5.74, 6) is 0.293. The summed E-state index contributed by atoms with van der Waals surface area (Å²) in [6.07, 6.45) is 1.88. The molecule has 0 radical (unpaired) electrons. The minimum atomic E-state index is -0.317. The van der Waals surface area contributed by atoms with E-state index < -0.39 is 0 Å². The molecule has 2 aromatic heterocycles. The van der Waals surface area contributed by atoms with E-state index in [2.05, 4.69) is 20.7 Å². The van der Waals surface area contributed by atoms with E-state index in [1.807, 2.05) is 30.5 Å². The molecule has 3 heterocycles. The number of carbonyl (C=O) groups is 2. The number of carbonyl (C=O) groups excluding carboxylic acids is 2. The fourth-order valence-corrected chi connectivity index (χ4v) is 4.08. The largest absolute Gasteiger partial charge is 0.381 e. The first-order chi connectivity index (χ1) is 13.7. The number of aromatic amines is 1. The van der Waals surface area contributed by atoms with Crippen molar-refractivity contribution in [2.24, 2.45) is 11.8 Å². The van der Waals surface area contributed by atoms with Crippen LogP contribution in [0.2, 0.25) is 0 Å². The highest BCUT2D eigenvalue weighted by atomic mass is 16.5. The van der Waals surface area contributed by atoms with Crippen molar-refractivity contribution in [2.75, 3.05) is 20.3 Å². The number of fused-ring (bicyclic) bond motifs is 2. The van der Waals surface area contributed by atoms with Crippen molar-refractivity contribution in [3.05, 3.63) is 53.5 Å². The van der Waals surface area contributed by atoms with Crippen molar-refractivity contribution in [1.82, 2.24) is 25.4 Å². The first-order valence-electron chi connectivity index (χ1n) is 9.39. The van der Waals surface area contributed by atoms with Crippen molar-refractivity contribution in [1.29, 1.82) is 0 Å². The fourth-order valence-electron chi connectivity index (χ4n) is 4.08. The molecule has 2 aliphatic rings. The summed E-state index contributed by atoms with van der Waals surface area (Å²) in [5, 5.41) is 11.1. The van der Waals surface area contributed by atoms with Gasteiger partial charge in [-0.2, -0.15) is 5.10 Å². The number of nitrogens with one attached hydrogen (secondary N) is 3. The number of hydrogen-bond acceptors (Lipinski definition) is 4. The molecule has 28 heavy (non-hydrogen) atoms. The molecular formula is C20H21N5O3. The molecule has 3 N–H and O–H groups in total. The van der Waals surface area contributed by atoms with Gasteiger partial charge in [-0.3, -0.25) is 14.3 Å². The summed E-state index contributed by atoms with van der Waals surface area (Å²) in [6, 6.07) is 9.69. The SMILES string of the molecule is CNC(=O)c1cc(C(=O)NC2C3COCC32)n(Cc2cccc3cc[nH]c23)n1. The van der Waals surface area contributed by atoms with Crippen LogP contribution in [0.3, 0.4) is 0 Å². The molecule has 2 amide bonds. The average molecular weight is 379 g/mol. The second-order valence-corrected chi connectivity index (χ2v) is 7.38. The Labute approximate surface area is 161 Å². The van der Waals surface area contributed by atoms with Crippen LogP contribution in [0.5, 0.6) is 0 Å². The molecule has 1 aromatic carbocycles. The number of hydrogen-bond donors (Lipinski definition) is 3. The van der Waals surface area contributed by atoms with Gasteiger partial charge in [-0.1, -0.05) is 18.2 Å².